The summed E-state index contributed by atoms with van der Waals surface area (Å²) in [6.45, 7) is 0.750. The second-order valence-corrected chi connectivity index (χ2v) is 6.40. The number of halogens is 3. The number of nitrogens with one attached hydrogen (secondary N) is 2. The zero-order valence-corrected chi connectivity index (χ0v) is 14.5. The van der Waals surface area contributed by atoms with E-state index in [1.165, 1.54) is 10.6 Å². The number of hydrogen-bond donors (Lipinski definition) is 2. The van der Waals surface area contributed by atoms with Gasteiger partial charge < -0.3 is 9.88 Å². The minimum Gasteiger partial charge on any atom is -0.369 e. The Labute approximate surface area is 156 Å². The van der Waals surface area contributed by atoms with Crippen molar-refractivity contribution in [1.29, 1.82) is 10.7 Å². The number of anilines is 1. The number of ketones is 1. The highest BCUT2D eigenvalue weighted by molar-refractivity contribution is 6.38. The molecule has 2 N–H and O–H groups in total. The molecular weight excluding hydrogens is 374 g/mol. The molecule has 0 saturated carbocycles. The number of hydrogen-bond acceptors (Lipinski definition) is 4. The number of carbonyl (C=O) groups excluding carboxylic acids is 1. The highest BCUT2D eigenvalue weighted by atomic mass is 35.5. The van der Waals surface area contributed by atoms with E-state index in [-0.39, 0.29) is 27.6 Å². The van der Waals surface area contributed by atoms with Crippen LogP contribution in [0.4, 0.5) is 14.6 Å². The Hall–Kier alpha value is -3.24. The Kier molecular flexibility index (Phi) is 3.93. The van der Waals surface area contributed by atoms with Crippen LogP contribution in [0.25, 0.3) is 10.8 Å². The molecule has 0 atom stereocenters. The van der Waals surface area contributed by atoms with Gasteiger partial charge in [0.15, 0.2) is 17.4 Å². The fourth-order valence-electron chi connectivity index (χ4n) is 3.36. The smallest absolute Gasteiger partial charge is 0.197 e. The van der Waals surface area contributed by atoms with Crippen LogP contribution in [0.1, 0.15) is 21.5 Å². The van der Waals surface area contributed by atoms with Gasteiger partial charge in [0.25, 0.3) is 0 Å². The summed E-state index contributed by atoms with van der Waals surface area (Å²) in [5.41, 5.74) is -0.845. The van der Waals surface area contributed by atoms with Gasteiger partial charge in [-0.05, 0) is 0 Å². The predicted octanol–water partition coefficient (Wildman–Crippen LogP) is 3.58. The van der Waals surface area contributed by atoms with Crippen LogP contribution >= 0.6 is 11.6 Å². The molecule has 27 heavy (non-hydrogen) atoms. The average molecular weight is 385 g/mol. The van der Waals surface area contributed by atoms with Crippen molar-refractivity contribution >= 4 is 34.0 Å². The SMILES string of the molecule is N#Cc1c(F)c(Cl)c2c(C(=O)c3ccccc3)c3n(c(=N)c2c1F)CCN3. The van der Waals surface area contributed by atoms with Gasteiger partial charge in [0, 0.05) is 24.0 Å². The van der Waals surface area contributed by atoms with Crippen LogP contribution in [0.3, 0.4) is 0 Å². The predicted molar refractivity (Wildman–Crippen MR) is 95.8 cm³/mol. The van der Waals surface area contributed by atoms with E-state index in [0.717, 1.165) is 0 Å². The van der Waals surface area contributed by atoms with E-state index in [9.17, 15) is 13.6 Å². The summed E-state index contributed by atoms with van der Waals surface area (Å²) in [6, 6.07) is 9.69. The number of rotatable bonds is 2. The van der Waals surface area contributed by atoms with E-state index in [1.54, 1.807) is 30.3 Å². The number of pyridine rings is 1. The Balaban J connectivity index is 2.23. The van der Waals surface area contributed by atoms with Crippen molar-refractivity contribution in [2.75, 3.05) is 11.9 Å². The lowest BCUT2D eigenvalue weighted by Crippen LogP contribution is -2.23. The average Bonchev–Trinajstić information content (AvgIpc) is 3.17. The molecule has 1 aliphatic rings. The van der Waals surface area contributed by atoms with Gasteiger partial charge >= 0.3 is 0 Å². The topological polar surface area (TPSA) is 81.7 Å². The number of nitriles is 1. The van der Waals surface area contributed by atoms with Crippen LogP contribution in [0.15, 0.2) is 30.3 Å². The molecule has 1 aliphatic heterocycles. The highest BCUT2D eigenvalue weighted by Gasteiger charge is 2.30. The Bertz CT molecular complexity index is 1230. The maximum atomic E-state index is 14.9. The standard InChI is InChI=1S/C19H11ClF2N4O/c20-14-11-12(15(21)10(8-23)16(14)22)18(24)26-7-6-25-19(26)13(11)17(27)9-4-2-1-3-5-9/h1-5,24-25H,6-7H2. The van der Waals surface area contributed by atoms with Crippen molar-refractivity contribution in [3.8, 4) is 6.07 Å². The zero-order valence-electron chi connectivity index (χ0n) is 13.7. The third kappa shape index (κ3) is 2.34. The van der Waals surface area contributed by atoms with Crippen LogP contribution in [0.2, 0.25) is 5.02 Å². The molecule has 1 aromatic heterocycles. The molecule has 0 bridgehead atoms. The minimum absolute atomic E-state index is 0.0167. The van der Waals surface area contributed by atoms with Crippen molar-refractivity contribution in [2.24, 2.45) is 0 Å². The number of carbonyl (C=O) groups is 1. The maximum Gasteiger partial charge on any atom is 0.197 e. The van der Waals surface area contributed by atoms with Gasteiger partial charge in [0.05, 0.1) is 16.0 Å². The van der Waals surface area contributed by atoms with Gasteiger partial charge in [-0.3, -0.25) is 10.2 Å². The lowest BCUT2D eigenvalue weighted by Gasteiger charge is -2.16. The van der Waals surface area contributed by atoms with Gasteiger partial charge in [-0.1, -0.05) is 41.9 Å². The molecule has 0 amide bonds. The second kappa shape index (κ2) is 6.18. The van der Waals surface area contributed by atoms with Gasteiger partial charge in [0.2, 0.25) is 0 Å². The van der Waals surface area contributed by atoms with Gasteiger partial charge in [-0.15, -0.1) is 0 Å². The first-order valence-corrected chi connectivity index (χ1v) is 8.40. The lowest BCUT2D eigenvalue weighted by molar-refractivity contribution is 0.104. The molecule has 5 nitrogen and oxygen atoms in total. The first-order chi connectivity index (χ1) is 13.0. The van der Waals surface area contributed by atoms with E-state index in [1.807, 2.05) is 0 Å². The van der Waals surface area contributed by atoms with Crippen LogP contribution in [-0.4, -0.2) is 16.9 Å². The monoisotopic (exact) mass is 384 g/mol. The molecule has 0 radical (unpaired) electrons. The fraction of sp³-hybridized carbons (Fsp3) is 0.105. The summed E-state index contributed by atoms with van der Waals surface area (Å²) in [5.74, 6) is -2.63. The minimum atomic E-state index is -1.24. The number of fused-ring (bicyclic) bond motifs is 2. The van der Waals surface area contributed by atoms with Gasteiger partial charge in [-0.25, -0.2) is 8.78 Å². The summed E-state index contributed by atoms with van der Waals surface area (Å²) >= 11 is 6.13. The first-order valence-electron chi connectivity index (χ1n) is 8.02. The van der Waals surface area contributed by atoms with Crippen molar-refractivity contribution in [1.82, 2.24) is 4.57 Å². The molecule has 134 valence electrons. The van der Waals surface area contributed by atoms with Gasteiger partial charge in [0.1, 0.15) is 22.9 Å². The maximum absolute atomic E-state index is 14.9. The van der Waals surface area contributed by atoms with Crippen molar-refractivity contribution in [2.45, 2.75) is 6.54 Å². The zero-order chi connectivity index (χ0) is 19.3. The van der Waals surface area contributed by atoms with E-state index in [0.29, 0.717) is 18.7 Å². The summed E-state index contributed by atoms with van der Waals surface area (Å²) < 4.78 is 30.9. The van der Waals surface area contributed by atoms with Gasteiger partial charge in [-0.2, -0.15) is 5.26 Å². The molecule has 0 aliphatic carbocycles. The quantitative estimate of drug-likeness (QED) is 0.523. The van der Waals surface area contributed by atoms with Crippen molar-refractivity contribution in [3.05, 3.63) is 69.2 Å². The molecule has 0 saturated heterocycles. The van der Waals surface area contributed by atoms with E-state index in [4.69, 9.17) is 22.3 Å². The number of benzene rings is 2. The summed E-state index contributed by atoms with van der Waals surface area (Å²) in [4.78, 5) is 13.2. The summed E-state index contributed by atoms with van der Waals surface area (Å²) in [5, 5.41) is 19.3. The second-order valence-electron chi connectivity index (χ2n) is 6.02. The Morgan fingerprint density at radius 2 is 1.93 bits per heavy atom. The normalized spacial score (nSPS) is 12.5. The first kappa shape index (κ1) is 17.2. The third-order valence-corrected chi connectivity index (χ3v) is 4.94. The molecule has 0 unspecified atom stereocenters. The van der Waals surface area contributed by atoms with E-state index >= 15 is 0 Å². The van der Waals surface area contributed by atoms with E-state index < -0.39 is 28.0 Å². The fourth-order valence-corrected chi connectivity index (χ4v) is 3.65. The number of aromatic nitrogens is 1. The molecular formula is C19H11ClF2N4O. The number of nitrogens with zero attached hydrogens (tertiary/aromatic N) is 2. The molecule has 0 spiro atoms. The van der Waals surface area contributed by atoms with Crippen LogP contribution in [0, 0.1) is 28.4 Å². The van der Waals surface area contributed by atoms with Crippen LogP contribution in [0.5, 0.6) is 0 Å². The molecule has 3 aromatic rings. The lowest BCUT2D eigenvalue weighted by atomic mass is 9.96. The Morgan fingerprint density at radius 3 is 2.59 bits per heavy atom. The summed E-state index contributed by atoms with van der Waals surface area (Å²) in [7, 11) is 0. The van der Waals surface area contributed by atoms with Crippen LogP contribution in [-0.2, 0) is 6.54 Å². The van der Waals surface area contributed by atoms with Crippen molar-refractivity contribution < 1.29 is 13.6 Å². The summed E-state index contributed by atoms with van der Waals surface area (Å²) in [6.07, 6.45) is 0. The molecule has 2 heterocycles. The van der Waals surface area contributed by atoms with Crippen LogP contribution < -0.4 is 10.8 Å². The molecule has 0 fully saturated rings. The third-order valence-electron chi connectivity index (χ3n) is 4.59. The largest absolute Gasteiger partial charge is 0.369 e. The van der Waals surface area contributed by atoms with E-state index in [2.05, 4.69) is 5.32 Å². The highest BCUT2D eigenvalue weighted by Crippen LogP contribution is 2.37. The van der Waals surface area contributed by atoms with Crippen molar-refractivity contribution in [3.63, 3.8) is 0 Å². The molecule has 2 aromatic carbocycles. The molecule has 8 heteroatoms. The Morgan fingerprint density at radius 1 is 1.22 bits per heavy atom. The molecule has 4 rings (SSSR count).